The van der Waals surface area contributed by atoms with Gasteiger partial charge in [-0.15, -0.1) is 0 Å². The number of furan rings is 1. The lowest BCUT2D eigenvalue weighted by Crippen LogP contribution is -2.48. The van der Waals surface area contributed by atoms with Crippen LogP contribution in [-0.2, 0) is 12.1 Å². The molecule has 5 rings (SSSR count). The van der Waals surface area contributed by atoms with Gasteiger partial charge in [-0.2, -0.15) is 0 Å². The second-order valence-corrected chi connectivity index (χ2v) is 8.57. The number of nitrogens with one attached hydrogen (secondary N) is 3. The number of fused-ring (bicyclic) bond motifs is 4. The van der Waals surface area contributed by atoms with E-state index in [1.165, 1.54) is 18.7 Å². The van der Waals surface area contributed by atoms with Gasteiger partial charge < -0.3 is 20.4 Å². The number of benzene rings is 1. The molecule has 3 aromatic rings. The van der Waals surface area contributed by atoms with Crippen molar-refractivity contribution in [3.8, 4) is 0 Å². The molecular weight excluding hydrogens is 419 g/mol. The van der Waals surface area contributed by atoms with E-state index in [1.807, 2.05) is 0 Å². The van der Waals surface area contributed by atoms with Gasteiger partial charge in [0.15, 0.2) is 5.76 Å². The Balaban J connectivity index is 1.53. The lowest BCUT2D eigenvalue weighted by molar-refractivity contribution is 0.0924. The Morgan fingerprint density at radius 2 is 2.13 bits per heavy atom. The molecule has 2 aromatic heterocycles. The Bertz CT molecular complexity index is 1200. The van der Waals surface area contributed by atoms with Gasteiger partial charge in [0.1, 0.15) is 11.4 Å². The molecule has 160 valence electrons. The lowest BCUT2D eigenvalue weighted by Gasteiger charge is -2.44. The monoisotopic (exact) mass is 440 g/mol. The molecule has 2 aliphatic rings. The number of nitrogens with zero attached hydrogens (tertiary/aromatic N) is 1. The first-order valence-electron chi connectivity index (χ1n) is 10.3. The van der Waals surface area contributed by atoms with Crippen LogP contribution in [0.1, 0.15) is 53.8 Å². The first kappa shape index (κ1) is 19.9. The molecule has 1 aliphatic carbocycles. The second-order valence-electron chi connectivity index (χ2n) is 8.16. The van der Waals surface area contributed by atoms with E-state index >= 15 is 0 Å². The van der Waals surface area contributed by atoms with Crippen LogP contribution >= 0.6 is 11.6 Å². The minimum atomic E-state index is -0.468. The number of anilines is 1. The van der Waals surface area contributed by atoms with E-state index in [0.717, 1.165) is 48.5 Å². The predicted molar refractivity (Wildman–Crippen MR) is 117 cm³/mol. The van der Waals surface area contributed by atoms with Crippen LogP contribution in [0.2, 0.25) is 5.02 Å². The van der Waals surface area contributed by atoms with Crippen LogP contribution in [0.25, 0.3) is 11.0 Å². The Hall–Kier alpha value is -3.06. The summed E-state index contributed by atoms with van der Waals surface area (Å²) in [5.41, 5.74) is 2.38. The maximum atomic E-state index is 13.8. The van der Waals surface area contributed by atoms with Gasteiger partial charge in [0, 0.05) is 29.3 Å². The highest BCUT2D eigenvalue weighted by Gasteiger charge is 2.42. The number of hydrogen-bond donors (Lipinski definition) is 3. The van der Waals surface area contributed by atoms with E-state index in [-0.39, 0.29) is 17.8 Å². The molecule has 6 nitrogen and oxygen atoms in total. The molecule has 1 aromatic carbocycles. The third kappa shape index (κ3) is 3.43. The molecule has 31 heavy (non-hydrogen) atoms. The summed E-state index contributed by atoms with van der Waals surface area (Å²) in [6.45, 7) is 4.10. The standard InChI is InChI=1S/C23H22ClFN4O2/c1-13-28-20-16(24)9-15-10-18(22(30)27-11-14-5-8-26-12-17(14)25)31-21(15)19(20)23(29-13)6-3-2-4-7-23/h5,8-10,12,28-29H,1-4,6-7,11H2,(H,27,30). The number of pyridine rings is 1. The number of aromatic nitrogens is 1. The maximum Gasteiger partial charge on any atom is 0.287 e. The predicted octanol–water partition coefficient (Wildman–Crippen LogP) is 5.20. The minimum absolute atomic E-state index is 0.0377. The zero-order chi connectivity index (χ0) is 21.6. The van der Waals surface area contributed by atoms with Crippen molar-refractivity contribution in [3.63, 3.8) is 0 Å². The quantitative estimate of drug-likeness (QED) is 0.522. The van der Waals surface area contributed by atoms with Gasteiger partial charge in [0.25, 0.3) is 5.91 Å². The zero-order valence-corrected chi connectivity index (χ0v) is 17.6. The Kier molecular flexibility index (Phi) is 4.85. The molecule has 1 aliphatic heterocycles. The van der Waals surface area contributed by atoms with E-state index < -0.39 is 11.7 Å². The van der Waals surface area contributed by atoms with Gasteiger partial charge in [-0.3, -0.25) is 9.78 Å². The summed E-state index contributed by atoms with van der Waals surface area (Å²) in [4.78, 5) is 16.5. The molecular formula is C23H22ClFN4O2. The molecule has 0 bridgehead atoms. The normalized spacial score (nSPS) is 17.2. The van der Waals surface area contributed by atoms with Gasteiger partial charge in [0.05, 0.1) is 28.3 Å². The molecule has 3 heterocycles. The van der Waals surface area contributed by atoms with Crippen LogP contribution in [0.3, 0.4) is 0 Å². The highest BCUT2D eigenvalue weighted by Crippen LogP contribution is 2.49. The fourth-order valence-electron chi connectivity index (χ4n) is 4.71. The zero-order valence-electron chi connectivity index (χ0n) is 16.9. The van der Waals surface area contributed by atoms with Gasteiger partial charge in [-0.1, -0.05) is 37.4 Å². The van der Waals surface area contributed by atoms with Gasteiger partial charge in [0.2, 0.25) is 0 Å². The first-order valence-corrected chi connectivity index (χ1v) is 10.7. The summed E-state index contributed by atoms with van der Waals surface area (Å²) >= 11 is 6.62. The summed E-state index contributed by atoms with van der Waals surface area (Å²) in [5, 5.41) is 10.8. The van der Waals surface area contributed by atoms with Crippen LogP contribution in [0.15, 0.2) is 47.4 Å². The third-order valence-electron chi connectivity index (χ3n) is 6.13. The van der Waals surface area contributed by atoms with Crippen molar-refractivity contribution in [2.45, 2.75) is 44.2 Å². The molecule has 1 spiro atoms. The molecule has 0 saturated heterocycles. The average Bonchev–Trinajstić information content (AvgIpc) is 3.17. The van der Waals surface area contributed by atoms with Gasteiger partial charge in [-0.25, -0.2) is 4.39 Å². The van der Waals surface area contributed by atoms with Crippen LogP contribution < -0.4 is 16.0 Å². The molecule has 1 saturated carbocycles. The fourth-order valence-corrected chi connectivity index (χ4v) is 4.97. The van der Waals surface area contributed by atoms with E-state index in [0.29, 0.717) is 22.0 Å². The van der Waals surface area contributed by atoms with Gasteiger partial charge >= 0.3 is 0 Å². The van der Waals surface area contributed by atoms with Crippen LogP contribution in [0.4, 0.5) is 10.1 Å². The summed E-state index contributed by atoms with van der Waals surface area (Å²) in [7, 11) is 0. The van der Waals surface area contributed by atoms with Crippen LogP contribution in [0.5, 0.6) is 0 Å². The minimum Gasteiger partial charge on any atom is -0.450 e. The number of amides is 1. The highest BCUT2D eigenvalue weighted by atomic mass is 35.5. The van der Waals surface area contributed by atoms with Crippen molar-refractivity contribution < 1.29 is 13.6 Å². The molecule has 0 radical (unpaired) electrons. The highest BCUT2D eigenvalue weighted by molar-refractivity contribution is 6.34. The largest absolute Gasteiger partial charge is 0.450 e. The van der Waals surface area contributed by atoms with Crippen molar-refractivity contribution in [2.75, 3.05) is 5.32 Å². The SMILES string of the molecule is C=C1Nc2c(Cl)cc3cc(C(=O)NCc4ccncc4F)oc3c2C2(CCCCC2)N1. The fraction of sp³-hybridized carbons (Fsp3) is 0.304. The van der Waals surface area contributed by atoms with Crippen LogP contribution in [-0.4, -0.2) is 10.9 Å². The molecule has 0 atom stereocenters. The summed E-state index contributed by atoms with van der Waals surface area (Å²) in [6.07, 6.45) is 7.81. The molecule has 0 unspecified atom stereocenters. The van der Waals surface area contributed by atoms with Crippen molar-refractivity contribution in [1.82, 2.24) is 15.6 Å². The third-order valence-corrected chi connectivity index (χ3v) is 6.43. The maximum absolute atomic E-state index is 13.8. The molecule has 1 amide bonds. The van der Waals surface area contributed by atoms with E-state index in [9.17, 15) is 9.18 Å². The summed E-state index contributed by atoms with van der Waals surface area (Å²) < 4.78 is 19.9. The van der Waals surface area contributed by atoms with Gasteiger partial charge in [-0.05, 0) is 31.0 Å². The smallest absolute Gasteiger partial charge is 0.287 e. The second kappa shape index (κ2) is 7.57. The topological polar surface area (TPSA) is 79.2 Å². The summed E-state index contributed by atoms with van der Waals surface area (Å²) in [5.74, 6) is -0.0233. The molecule has 3 N–H and O–H groups in total. The van der Waals surface area contributed by atoms with E-state index in [2.05, 4.69) is 27.5 Å². The van der Waals surface area contributed by atoms with Crippen molar-refractivity contribution in [3.05, 3.63) is 70.7 Å². The van der Waals surface area contributed by atoms with Crippen molar-refractivity contribution in [2.24, 2.45) is 0 Å². The molecule has 1 fully saturated rings. The van der Waals surface area contributed by atoms with Crippen molar-refractivity contribution in [1.29, 1.82) is 0 Å². The van der Waals surface area contributed by atoms with Crippen molar-refractivity contribution >= 4 is 34.2 Å². The van der Waals surface area contributed by atoms with E-state index in [4.69, 9.17) is 16.0 Å². The Labute approximate surface area is 183 Å². The molecule has 8 heteroatoms. The average molecular weight is 441 g/mol. The van der Waals surface area contributed by atoms with Crippen LogP contribution in [0, 0.1) is 5.82 Å². The number of halogens is 2. The Morgan fingerprint density at radius 3 is 2.90 bits per heavy atom. The number of carbonyl (C=O) groups is 1. The Morgan fingerprint density at radius 1 is 1.32 bits per heavy atom. The first-order chi connectivity index (χ1) is 15.0. The summed E-state index contributed by atoms with van der Waals surface area (Å²) in [6, 6.07) is 5.00. The number of rotatable bonds is 3. The van der Waals surface area contributed by atoms with E-state index in [1.54, 1.807) is 12.1 Å². The number of hydrogen-bond acceptors (Lipinski definition) is 5. The number of carbonyl (C=O) groups excluding carboxylic acids is 1. The lowest BCUT2D eigenvalue weighted by atomic mass is 9.74.